The minimum Gasteiger partial charge on any atom is -0.375 e. The molecule has 2 heteroatoms. The van der Waals surface area contributed by atoms with E-state index in [0.717, 1.165) is 13.0 Å². The van der Waals surface area contributed by atoms with Gasteiger partial charge >= 0.3 is 0 Å². The highest BCUT2D eigenvalue weighted by atomic mass is 16.5. The van der Waals surface area contributed by atoms with Crippen LogP contribution in [-0.2, 0) is 11.3 Å². The van der Waals surface area contributed by atoms with Gasteiger partial charge in [0.1, 0.15) is 0 Å². The van der Waals surface area contributed by atoms with E-state index in [0.29, 0.717) is 13.2 Å². The number of benzene rings is 1. The van der Waals surface area contributed by atoms with Crippen LogP contribution in [-0.4, -0.2) is 18.7 Å². The first-order valence-electron chi connectivity index (χ1n) is 5.51. The van der Waals surface area contributed by atoms with Crippen molar-refractivity contribution in [3.8, 4) is 0 Å². The van der Waals surface area contributed by atoms with Crippen molar-refractivity contribution >= 4 is 0 Å². The average Bonchev–Trinajstić information content (AvgIpc) is 2.67. The Morgan fingerprint density at radius 2 is 2.13 bits per heavy atom. The highest BCUT2D eigenvalue weighted by molar-refractivity contribution is 5.13. The number of hydrogen-bond donors (Lipinski definition) is 1. The molecule has 1 heterocycles. The van der Waals surface area contributed by atoms with Gasteiger partial charge in [0.25, 0.3) is 0 Å². The monoisotopic (exact) mass is 204 g/mol. The van der Waals surface area contributed by atoms with Gasteiger partial charge in [-0.3, -0.25) is 0 Å². The second-order valence-electron chi connectivity index (χ2n) is 4.29. The topological polar surface area (TPSA) is 21.3 Å². The van der Waals surface area contributed by atoms with E-state index >= 15 is 0 Å². The highest BCUT2D eigenvalue weighted by Crippen LogP contribution is 2.18. The van der Waals surface area contributed by atoms with E-state index < -0.39 is 0 Å². The van der Waals surface area contributed by atoms with Gasteiger partial charge in [-0.2, -0.15) is 0 Å². The van der Waals surface area contributed by atoms with Gasteiger partial charge in [-0.05, 0) is 31.9 Å². The Morgan fingerprint density at radius 1 is 1.33 bits per heavy atom. The third-order valence-electron chi connectivity index (χ3n) is 2.82. The van der Waals surface area contributed by atoms with Crippen molar-refractivity contribution in [3.63, 3.8) is 0 Å². The lowest BCUT2D eigenvalue weighted by molar-refractivity contribution is 0.0807. The zero-order chi connectivity index (χ0) is 10.6. The van der Waals surface area contributed by atoms with E-state index in [-0.39, 0.29) is 5.54 Å². The van der Waals surface area contributed by atoms with Crippen LogP contribution in [0.4, 0.5) is 0 Å². The summed E-state index contributed by atoms with van der Waals surface area (Å²) in [5.41, 5.74) is 1.17. The van der Waals surface area contributed by atoms with Crippen LogP contribution in [0, 0.1) is 6.92 Å². The highest BCUT2D eigenvalue weighted by Gasteiger charge is 2.27. The quantitative estimate of drug-likeness (QED) is 0.811. The molecule has 1 aromatic carbocycles. The summed E-state index contributed by atoms with van der Waals surface area (Å²) in [6, 6.07) is 10.2. The van der Waals surface area contributed by atoms with Gasteiger partial charge in [-0.25, -0.2) is 0 Å². The van der Waals surface area contributed by atoms with Crippen LogP contribution >= 0.6 is 0 Å². The fourth-order valence-electron chi connectivity index (χ4n) is 1.93. The first kappa shape index (κ1) is 10.7. The van der Waals surface area contributed by atoms with Crippen molar-refractivity contribution in [1.82, 2.24) is 5.32 Å². The van der Waals surface area contributed by atoms with E-state index in [1.165, 1.54) is 12.0 Å². The number of nitrogens with one attached hydrogen (secondary N) is 1. The van der Waals surface area contributed by atoms with E-state index in [2.05, 4.69) is 24.4 Å². The Hall–Kier alpha value is -0.860. The van der Waals surface area contributed by atoms with Crippen molar-refractivity contribution in [2.45, 2.75) is 25.0 Å². The molecule has 0 spiro atoms. The second-order valence-corrected chi connectivity index (χ2v) is 4.29. The maximum atomic E-state index is 5.68. The molecule has 0 amide bonds. The molecule has 15 heavy (non-hydrogen) atoms. The Labute approximate surface area is 91.6 Å². The minimum absolute atomic E-state index is 0.0468. The summed E-state index contributed by atoms with van der Waals surface area (Å²) in [5, 5.41) is 3.38. The molecular formula is C13H18NO. The van der Waals surface area contributed by atoms with E-state index in [1.807, 2.05) is 18.2 Å². The first-order valence-corrected chi connectivity index (χ1v) is 5.51. The zero-order valence-electron chi connectivity index (χ0n) is 9.04. The minimum atomic E-state index is -0.0468. The van der Waals surface area contributed by atoms with Crippen molar-refractivity contribution in [1.29, 1.82) is 0 Å². The van der Waals surface area contributed by atoms with Crippen molar-refractivity contribution < 1.29 is 4.74 Å². The van der Waals surface area contributed by atoms with Gasteiger partial charge in [-0.1, -0.05) is 30.3 Å². The largest absolute Gasteiger partial charge is 0.375 e. The van der Waals surface area contributed by atoms with Gasteiger partial charge < -0.3 is 10.1 Å². The summed E-state index contributed by atoms with van der Waals surface area (Å²) < 4.78 is 5.68. The van der Waals surface area contributed by atoms with Crippen LogP contribution < -0.4 is 5.32 Å². The third-order valence-corrected chi connectivity index (χ3v) is 2.82. The molecule has 1 atom stereocenters. The van der Waals surface area contributed by atoms with Crippen LogP contribution in [0.15, 0.2) is 30.3 Å². The van der Waals surface area contributed by atoms with Crippen LogP contribution in [0.5, 0.6) is 0 Å². The average molecular weight is 204 g/mol. The Kier molecular flexibility index (Phi) is 3.39. The van der Waals surface area contributed by atoms with Crippen molar-refractivity contribution in [2.75, 3.05) is 13.2 Å². The molecule has 2 nitrogen and oxygen atoms in total. The van der Waals surface area contributed by atoms with Gasteiger partial charge in [0.05, 0.1) is 13.2 Å². The molecule has 1 fully saturated rings. The van der Waals surface area contributed by atoms with Crippen LogP contribution in [0.3, 0.4) is 0 Å². The zero-order valence-corrected chi connectivity index (χ0v) is 9.04. The summed E-state index contributed by atoms with van der Waals surface area (Å²) in [7, 11) is 0. The summed E-state index contributed by atoms with van der Waals surface area (Å²) in [4.78, 5) is 0. The Morgan fingerprint density at radius 3 is 2.80 bits per heavy atom. The molecule has 0 aromatic heterocycles. The lowest BCUT2D eigenvalue weighted by atomic mass is 10.0. The molecule has 1 aliphatic heterocycles. The van der Waals surface area contributed by atoms with E-state index in [9.17, 15) is 0 Å². The second kappa shape index (κ2) is 4.77. The van der Waals surface area contributed by atoms with Crippen molar-refractivity contribution in [3.05, 3.63) is 42.8 Å². The third kappa shape index (κ3) is 3.05. The normalized spacial score (nSPS) is 25.7. The molecule has 1 N–H and O–H groups in total. The molecule has 0 unspecified atom stereocenters. The van der Waals surface area contributed by atoms with Crippen LogP contribution in [0.1, 0.15) is 18.4 Å². The van der Waals surface area contributed by atoms with E-state index in [1.54, 1.807) is 0 Å². The lowest BCUT2D eigenvalue weighted by Gasteiger charge is -2.23. The molecule has 0 aliphatic carbocycles. The fourth-order valence-corrected chi connectivity index (χ4v) is 1.93. The molecule has 1 radical (unpaired) electrons. The molecule has 81 valence electrons. The Balaban J connectivity index is 1.75. The first-order chi connectivity index (χ1) is 7.29. The summed E-state index contributed by atoms with van der Waals surface area (Å²) >= 11 is 0. The molecule has 1 aromatic rings. The molecular weight excluding hydrogens is 186 g/mol. The van der Waals surface area contributed by atoms with E-state index in [4.69, 9.17) is 4.74 Å². The van der Waals surface area contributed by atoms with Crippen LogP contribution in [0.2, 0.25) is 0 Å². The maximum Gasteiger partial charge on any atom is 0.0717 e. The standard InChI is InChI=1S/C13H18NO/c1-13(8-5-9-14-13)11-15-10-12-6-3-2-4-7-12/h2-4,6-7,14H,1,5,8-11H2/t13-/m1/s1. The molecule has 0 bridgehead atoms. The van der Waals surface area contributed by atoms with Crippen molar-refractivity contribution in [2.24, 2.45) is 0 Å². The summed E-state index contributed by atoms with van der Waals surface area (Å²) in [6.07, 6.45) is 2.32. The Bertz CT molecular complexity index is 291. The predicted molar refractivity (Wildman–Crippen MR) is 61.4 cm³/mol. The van der Waals surface area contributed by atoms with Gasteiger partial charge in [0.15, 0.2) is 0 Å². The lowest BCUT2D eigenvalue weighted by Crippen LogP contribution is -2.41. The smallest absolute Gasteiger partial charge is 0.0717 e. The van der Waals surface area contributed by atoms with Gasteiger partial charge in [-0.15, -0.1) is 0 Å². The molecule has 1 saturated heterocycles. The summed E-state index contributed by atoms with van der Waals surface area (Å²) in [6.45, 7) is 6.61. The summed E-state index contributed by atoms with van der Waals surface area (Å²) in [5.74, 6) is 0. The van der Waals surface area contributed by atoms with Crippen LogP contribution in [0.25, 0.3) is 0 Å². The SMILES string of the molecule is [CH2][C@]1(COCc2ccccc2)CCCN1. The molecule has 0 saturated carbocycles. The molecule has 2 rings (SSSR count). The number of rotatable bonds is 4. The fraction of sp³-hybridized carbons (Fsp3) is 0.462. The van der Waals surface area contributed by atoms with Gasteiger partial charge in [0, 0.05) is 5.54 Å². The number of hydrogen-bond acceptors (Lipinski definition) is 2. The number of ether oxygens (including phenoxy) is 1. The van der Waals surface area contributed by atoms with Gasteiger partial charge in [0.2, 0.25) is 0 Å². The predicted octanol–water partition coefficient (Wildman–Crippen LogP) is 2.16. The maximum absolute atomic E-state index is 5.68. The molecule has 1 aliphatic rings.